The van der Waals surface area contributed by atoms with Gasteiger partial charge in [0.15, 0.2) is 11.6 Å². The van der Waals surface area contributed by atoms with Crippen LogP contribution in [0.4, 0.5) is 11.6 Å². The van der Waals surface area contributed by atoms with Crippen molar-refractivity contribution in [1.82, 2.24) is 9.97 Å². The second-order valence-electron chi connectivity index (χ2n) is 6.67. The van der Waals surface area contributed by atoms with Crippen LogP contribution < -0.4 is 9.80 Å². The van der Waals surface area contributed by atoms with Crippen molar-refractivity contribution >= 4 is 28.2 Å². The van der Waals surface area contributed by atoms with Crippen molar-refractivity contribution in [2.45, 2.75) is 13.8 Å². The highest BCUT2D eigenvalue weighted by Crippen LogP contribution is 2.45. The summed E-state index contributed by atoms with van der Waals surface area (Å²) in [6.07, 6.45) is 2.28. The summed E-state index contributed by atoms with van der Waals surface area (Å²) in [5, 5.41) is 0. The fraction of sp³-hybridized carbons (Fsp3) is 0.182. The van der Waals surface area contributed by atoms with Crippen LogP contribution in [0.3, 0.4) is 0 Å². The van der Waals surface area contributed by atoms with Crippen molar-refractivity contribution < 1.29 is 0 Å². The van der Waals surface area contributed by atoms with Gasteiger partial charge in [-0.3, -0.25) is 0 Å². The highest BCUT2D eigenvalue weighted by Gasteiger charge is 2.37. The van der Waals surface area contributed by atoms with E-state index >= 15 is 0 Å². The number of nitrogens with zero attached hydrogens (tertiary/aromatic N) is 4. The van der Waals surface area contributed by atoms with Crippen molar-refractivity contribution in [2.24, 2.45) is 0 Å². The van der Waals surface area contributed by atoms with Gasteiger partial charge in [-0.25, -0.2) is 9.97 Å². The highest BCUT2D eigenvalue weighted by atomic mass is 15.4. The van der Waals surface area contributed by atoms with Crippen molar-refractivity contribution in [1.29, 1.82) is 0 Å². The molecule has 0 fully saturated rings. The number of hydrogen-bond acceptors (Lipinski definition) is 4. The normalized spacial score (nSPS) is 16.0. The summed E-state index contributed by atoms with van der Waals surface area (Å²) >= 11 is 0. The molecule has 0 amide bonds. The van der Waals surface area contributed by atoms with Crippen LogP contribution in [0.1, 0.15) is 19.4 Å². The fourth-order valence-corrected chi connectivity index (χ4v) is 3.90. The third-order valence-electron chi connectivity index (χ3n) is 5.13. The Balaban J connectivity index is 1.79. The van der Waals surface area contributed by atoms with Gasteiger partial charge in [0.2, 0.25) is 0 Å². The van der Waals surface area contributed by atoms with Gasteiger partial charge in [0.1, 0.15) is 5.82 Å². The van der Waals surface area contributed by atoms with E-state index in [2.05, 4.69) is 60.1 Å². The Morgan fingerprint density at radius 2 is 1.54 bits per heavy atom. The average Bonchev–Trinajstić information content (AvgIpc) is 2.99. The van der Waals surface area contributed by atoms with E-state index in [0.717, 1.165) is 35.8 Å². The SMILES string of the molecule is CCN1C2=C(c3ccccc3)C(C)=CCN2c2nc3ccccc3nc21. The van der Waals surface area contributed by atoms with Crippen LogP contribution in [-0.2, 0) is 0 Å². The third kappa shape index (κ3) is 2.08. The number of hydrogen-bond donors (Lipinski definition) is 0. The Bertz CT molecular complexity index is 1030. The predicted octanol–water partition coefficient (Wildman–Crippen LogP) is 4.60. The quantitative estimate of drug-likeness (QED) is 0.682. The lowest BCUT2D eigenvalue weighted by molar-refractivity contribution is 0.902. The molecule has 128 valence electrons. The molecule has 4 nitrogen and oxygen atoms in total. The van der Waals surface area contributed by atoms with Gasteiger partial charge in [-0.05, 0) is 37.1 Å². The largest absolute Gasteiger partial charge is 0.309 e. The minimum Gasteiger partial charge on any atom is -0.309 e. The first-order chi connectivity index (χ1) is 12.8. The first kappa shape index (κ1) is 15.1. The minimum atomic E-state index is 0.827. The van der Waals surface area contributed by atoms with Gasteiger partial charge in [0, 0.05) is 18.7 Å². The lowest BCUT2D eigenvalue weighted by atomic mass is 9.96. The molecule has 0 saturated carbocycles. The predicted molar refractivity (Wildman–Crippen MR) is 107 cm³/mol. The summed E-state index contributed by atoms with van der Waals surface area (Å²) in [4.78, 5) is 14.5. The molecule has 0 spiro atoms. The van der Waals surface area contributed by atoms with Crippen LogP contribution in [0.2, 0.25) is 0 Å². The molecule has 2 aliphatic rings. The van der Waals surface area contributed by atoms with Gasteiger partial charge in [0.25, 0.3) is 0 Å². The molecule has 4 heteroatoms. The number of allylic oxidation sites excluding steroid dienone is 2. The lowest BCUT2D eigenvalue weighted by Gasteiger charge is -2.30. The van der Waals surface area contributed by atoms with Crippen molar-refractivity contribution in [3.05, 3.63) is 77.6 Å². The number of fused-ring (bicyclic) bond motifs is 4. The maximum absolute atomic E-state index is 4.95. The molecule has 2 aliphatic heterocycles. The molecule has 3 heterocycles. The number of anilines is 2. The van der Waals surface area contributed by atoms with Crippen LogP contribution in [0.25, 0.3) is 16.6 Å². The average molecular weight is 340 g/mol. The number of para-hydroxylation sites is 2. The van der Waals surface area contributed by atoms with Crippen LogP contribution in [0, 0.1) is 0 Å². The minimum absolute atomic E-state index is 0.827. The topological polar surface area (TPSA) is 32.3 Å². The van der Waals surface area contributed by atoms with Crippen LogP contribution in [0.15, 0.2) is 72.1 Å². The second-order valence-corrected chi connectivity index (χ2v) is 6.67. The van der Waals surface area contributed by atoms with E-state index in [9.17, 15) is 0 Å². The smallest absolute Gasteiger partial charge is 0.178 e. The van der Waals surface area contributed by atoms with Gasteiger partial charge in [-0.15, -0.1) is 0 Å². The third-order valence-corrected chi connectivity index (χ3v) is 5.13. The molecule has 0 N–H and O–H groups in total. The monoisotopic (exact) mass is 340 g/mol. The molecule has 0 aliphatic carbocycles. The zero-order valence-electron chi connectivity index (χ0n) is 15.0. The molecule has 3 aromatic rings. The van der Waals surface area contributed by atoms with E-state index in [4.69, 9.17) is 9.97 Å². The standard InChI is InChI=1S/C22H20N4/c1-3-25-20-21(24-18-12-8-7-11-17(18)23-20)26-14-13-15(2)19(22(25)26)16-9-5-4-6-10-16/h4-13H,3,14H2,1-2H3. The number of rotatable bonds is 2. The molecule has 2 aromatic carbocycles. The Morgan fingerprint density at radius 3 is 2.23 bits per heavy atom. The Hall–Kier alpha value is -3.14. The van der Waals surface area contributed by atoms with E-state index in [1.165, 1.54) is 22.5 Å². The molecule has 0 saturated heterocycles. The molecule has 0 bridgehead atoms. The lowest BCUT2D eigenvalue weighted by Crippen LogP contribution is -2.32. The van der Waals surface area contributed by atoms with Gasteiger partial charge in [-0.1, -0.05) is 48.5 Å². The summed E-state index contributed by atoms with van der Waals surface area (Å²) < 4.78 is 0. The van der Waals surface area contributed by atoms with E-state index in [1.54, 1.807) is 0 Å². The van der Waals surface area contributed by atoms with Crippen LogP contribution >= 0.6 is 0 Å². The first-order valence-electron chi connectivity index (χ1n) is 9.06. The van der Waals surface area contributed by atoms with Crippen molar-refractivity contribution in [3.63, 3.8) is 0 Å². The Labute approximate surface area is 153 Å². The summed E-state index contributed by atoms with van der Waals surface area (Å²) in [6.45, 7) is 6.05. The van der Waals surface area contributed by atoms with Gasteiger partial charge >= 0.3 is 0 Å². The Morgan fingerprint density at radius 1 is 0.885 bits per heavy atom. The van der Waals surface area contributed by atoms with Crippen molar-refractivity contribution in [2.75, 3.05) is 22.9 Å². The molecule has 0 radical (unpaired) electrons. The summed E-state index contributed by atoms with van der Waals surface area (Å²) in [5.74, 6) is 3.11. The molecule has 5 rings (SSSR count). The van der Waals surface area contributed by atoms with E-state index in [1.807, 2.05) is 24.3 Å². The second kappa shape index (κ2) is 5.70. The molecular formula is C22H20N4. The molecule has 0 atom stereocenters. The maximum Gasteiger partial charge on any atom is 0.178 e. The first-order valence-corrected chi connectivity index (χ1v) is 9.06. The maximum atomic E-state index is 4.95. The van der Waals surface area contributed by atoms with Gasteiger partial charge < -0.3 is 9.80 Å². The summed E-state index contributed by atoms with van der Waals surface area (Å²) in [5.41, 5.74) is 5.68. The van der Waals surface area contributed by atoms with E-state index in [0.29, 0.717) is 0 Å². The molecular weight excluding hydrogens is 320 g/mol. The summed E-state index contributed by atoms with van der Waals surface area (Å²) in [7, 11) is 0. The van der Waals surface area contributed by atoms with Crippen molar-refractivity contribution in [3.8, 4) is 0 Å². The Kier molecular flexibility index (Phi) is 3.32. The highest BCUT2D eigenvalue weighted by molar-refractivity contribution is 5.94. The zero-order valence-corrected chi connectivity index (χ0v) is 15.0. The number of aromatic nitrogens is 2. The van der Waals surface area contributed by atoms with Crippen LogP contribution in [0.5, 0.6) is 0 Å². The van der Waals surface area contributed by atoms with Gasteiger partial charge in [-0.2, -0.15) is 0 Å². The fourth-order valence-electron chi connectivity index (χ4n) is 3.90. The number of benzene rings is 2. The summed E-state index contributed by atoms with van der Waals surface area (Å²) in [6, 6.07) is 18.7. The molecule has 26 heavy (non-hydrogen) atoms. The van der Waals surface area contributed by atoms with E-state index < -0.39 is 0 Å². The van der Waals surface area contributed by atoms with Crippen LogP contribution in [-0.4, -0.2) is 23.1 Å². The zero-order chi connectivity index (χ0) is 17.7. The molecule has 0 unspecified atom stereocenters. The molecule has 1 aromatic heterocycles. The van der Waals surface area contributed by atoms with Gasteiger partial charge in [0.05, 0.1) is 11.0 Å². The van der Waals surface area contributed by atoms with E-state index in [-0.39, 0.29) is 0 Å².